The molecule has 0 unspecified atom stereocenters. The first kappa shape index (κ1) is 16.5. The van der Waals surface area contributed by atoms with E-state index in [0.717, 1.165) is 18.2 Å². The molecule has 0 aliphatic rings. The van der Waals surface area contributed by atoms with E-state index in [0.29, 0.717) is 16.3 Å². The Balaban J connectivity index is 2.28. The molecule has 0 bridgehead atoms. The fourth-order valence-corrected chi connectivity index (χ4v) is 2.13. The summed E-state index contributed by atoms with van der Waals surface area (Å²) in [5.41, 5.74) is -0.296. The lowest BCUT2D eigenvalue weighted by Crippen LogP contribution is -2.04. The van der Waals surface area contributed by atoms with Gasteiger partial charge in [0.25, 0.3) is 0 Å². The van der Waals surface area contributed by atoms with Gasteiger partial charge < -0.3 is 4.74 Å². The summed E-state index contributed by atoms with van der Waals surface area (Å²) in [6, 6.07) is 9.40. The minimum Gasteiger partial charge on any atom is -0.456 e. The molecule has 2 rings (SSSR count). The van der Waals surface area contributed by atoms with E-state index >= 15 is 0 Å². The van der Waals surface area contributed by atoms with Gasteiger partial charge in [-0.1, -0.05) is 23.2 Å². The molecule has 2 aromatic rings. The Bertz CT molecular complexity index is 739. The quantitative estimate of drug-likeness (QED) is 0.696. The van der Waals surface area contributed by atoms with Crippen molar-refractivity contribution in [3.05, 3.63) is 57.6 Å². The standard InChI is InChI=1S/C15H8Cl2F3NO/c16-12-3-2-11(7-9(12)5-6-21)22-14-4-1-10(8-13(14)17)15(18,19)20/h1-4,7-8H,5H2. The van der Waals surface area contributed by atoms with Crippen LogP contribution in [0, 0.1) is 11.3 Å². The number of rotatable bonds is 3. The maximum absolute atomic E-state index is 12.6. The third-order valence-electron chi connectivity index (χ3n) is 2.77. The molecule has 7 heteroatoms. The molecule has 2 nitrogen and oxygen atoms in total. The van der Waals surface area contributed by atoms with Crippen LogP contribution in [0.15, 0.2) is 36.4 Å². The molecule has 114 valence electrons. The zero-order chi connectivity index (χ0) is 16.3. The Morgan fingerprint density at radius 3 is 2.36 bits per heavy atom. The van der Waals surface area contributed by atoms with Crippen LogP contribution in [0.25, 0.3) is 0 Å². The fraction of sp³-hybridized carbons (Fsp3) is 0.133. The molecule has 0 aliphatic heterocycles. The highest BCUT2D eigenvalue weighted by Crippen LogP contribution is 2.36. The van der Waals surface area contributed by atoms with Crippen LogP contribution < -0.4 is 4.74 Å². The zero-order valence-corrected chi connectivity index (χ0v) is 12.4. The monoisotopic (exact) mass is 345 g/mol. The molecule has 0 fully saturated rings. The van der Waals surface area contributed by atoms with E-state index in [9.17, 15) is 13.2 Å². The average molecular weight is 346 g/mol. The van der Waals surface area contributed by atoms with Crippen molar-refractivity contribution in [2.45, 2.75) is 12.6 Å². The third-order valence-corrected chi connectivity index (χ3v) is 3.44. The second-order valence-corrected chi connectivity index (χ2v) is 5.15. The number of ether oxygens (including phenoxy) is 1. The number of hydrogen-bond acceptors (Lipinski definition) is 2. The van der Waals surface area contributed by atoms with Crippen LogP contribution >= 0.6 is 23.2 Å². The van der Waals surface area contributed by atoms with Gasteiger partial charge in [-0.05, 0) is 42.0 Å². The van der Waals surface area contributed by atoms with Crippen LogP contribution in [-0.4, -0.2) is 0 Å². The number of alkyl halides is 3. The van der Waals surface area contributed by atoms with Gasteiger partial charge >= 0.3 is 6.18 Å². The van der Waals surface area contributed by atoms with Crippen molar-refractivity contribution < 1.29 is 17.9 Å². The minimum absolute atomic E-state index is 0.0832. The topological polar surface area (TPSA) is 33.0 Å². The van der Waals surface area contributed by atoms with E-state index < -0.39 is 11.7 Å². The predicted molar refractivity (Wildman–Crippen MR) is 77.3 cm³/mol. The normalized spacial score (nSPS) is 11.1. The molecule has 22 heavy (non-hydrogen) atoms. The van der Waals surface area contributed by atoms with Crippen LogP contribution in [0.4, 0.5) is 13.2 Å². The summed E-state index contributed by atoms with van der Waals surface area (Å²) in [7, 11) is 0. The van der Waals surface area contributed by atoms with E-state index in [2.05, 4.69) is 0 Å². The van der Waals surface area contributed by atoms with E-state index in [4.69, 9.17) is 33.2 Å². The van der Waals surface area contributed by atoms with Crippen LogP contribution in [-0.2, 0) is 12.6 Å². The molecule has 0 N–H and O–H groups in total. The summed E-state index contributed by atoms with van der Waals surface area (Å²) < 4.78 is 43.1. The first-order chi connectivity index (χ1) is 10.3. The van der Waals surface area contributed by atoms with Gasteiger partial charge in [-0.25, -0.2) is 0 Å². The molecule has 0 saturated heterocycles. The lowest BCUT2D eigenvalue weighted by Gasteiger charge is -2.12. The lowest BCUT2D eigenvalue weighted by molar-refractivity contribution is -0.137. The van der Waals surface area contributed by atoms with Crippen LogP contribution in [0.3, 0.4) is 0 Å². The summed E-state index contributed by atoms with van der Waals surface area (Å²) in [4.78, 5) is 0. The molecule has 0 aromatic heterocycles. The Labute approximate surface area is 134 Å². The molecular formula is C15H8Cl2F3NO. The average Bonchev–Trinajstić information content (AvgIpc) is 2.44. The Morgan fingerprint density at radius 1 is 1.05 bits per heavy atom. The highest BCUT2D eigenvalue weighted by atomic mass is 35.5. The van der Waals surface area contributed by atoms with Gasteiger partial charge in [0.1, 0.15) is 11.5 Å². The van der Waals surface area contributed by atoms with E-state index in [-0.39, 0.29) is 17.2 Å². The molecule has 2 aromatic carbocycles. The largest absolute Gasteiger partial charge is 0.456 e. The van der Waals surface area contributed by atoms with Gasteiger partial charge in [0.15, 0.2) is 0 Å². The van der Waals surface area contributed by atoms with Crippen LogP contribution in [0.2, 0.25) is 10.0 Å². The molecule has 0 radical (unpaired) electrons. The van der Waals surface area contributed by atoms with Gasteiger partial charge in [-0.15, -0.1) is 0 Å². The first-order valence-electron chi connectivity index (χ1n) is 6.01. The number of nitriles is 1. The van der Waals surface area contributed by atoms with Crippen molar-refractivity contribution in [2.75, 3.05) is 0 Å². The summed E-state index contributed by atoms with van der Waals surface area (Å²) >= 11 is 11.7. The molecule has 0 atom stereocenters. The molecule has 0 saturated carbocycles. The smallest absolute Gasteiger partial charge is 0.416 e. The maximum Gasteiger partial charge on any atom is 0.416 e. The highest BCUT2D eigenvalue weighted by molar-refractivity contribution is 6.32. The van der Waals surface area contributed by atoms with Crippen molar-refractivity contribution in [1.29, 1.82) is 5.26 Å². The Morgan fingerprint density at radius 2 is 1.77 bits per heavy atom. The SMILES string of the molecule is N#CCc1cc(Oc2ccc(C(F)(F)F)cc2Cl)ccc1Cl. The van der Waals surface area contributed by atoms with E-state index in [1.807, 2.05) is 6.07 Å². The predicted octanol–water partition coefficient (Wildman–Crippen LogP) is 5.87. The second kappa shape index (κ2) is 6.47. The van der Waals surface area contributed by atoms with Crippen LogP contribution in [0.5, 0.6) is 11.5 Å². The summed E-state index contributed by atoms with van der Waals surface area (Å²) in [5, 5.41) is 8.95. The van der Waals surface area contributed by atoms with Crippen LogP contribution in [0.1, 0.15) is 11.1 Å². The summed E-state index contributed by atoms with van der Waals surface area (Å²) in [5.74, 6) is 0.413. The van der Waals surface area contributed by atoms with Gasteiger partial charge in [0, 0.05) is 5.02 Å². The van der Waals surface area contributed by atoms with E-state index in [1.165, 1.54) is 6.07 Å². The highest BCUT2D eigenvalue weighted by Gasteiger charge is 2.31. The van der Waals surface area contributed by atoms with Crippen molar-refractivity contribution in [3.63, 3.8) is 0 Å². The van der Waals surface area contributed by atoms with Crippen molar-refractivity contribution >= 4 is 23.2 Å². The van der Waals surface area contributed by atoms with Gasteiger partial charge in [0.2, 0.25) is 0 Å². The summed E-state index contributed by atoms with van der Waals surface area (Å²) in [6.45, 7) is 0. The maximum atomic E-state index is 12.6. The molecule has 0 aliphatic carbocycles. The van der Waals surface area contributed by atoms with Crippen molar-refractivity contribution in [2.24, 2.45) is 0 Å². The fourth-order valence-electron chi connectivity index (χ4n) is 1.72. The molecule has 0 spiro atoms. The Hall–Kier alpha value is -1.90. The zero-order valence-electron chi connectivity index (χ0n) is 10.9. The van der Waals surface area contributed by atoms with E-state index in [1.54, 1.807) is 12.1 Å². The van der Waals surface area contributed by atoms with Crippen molar-refractivity contribution in [1.82, 2.24) is 0 Å². The third kappa shape index (κ3) is 3.85. The minimum atomic E-state index is -4.47. The van der Waals surface area contributed by atoms with Crippen molar-refractivity contribution in [3.8, 4) is 17.6 Å². The number of halogens is 5. The van der Waals surface area contributed by atoms with Gasteiger partial charge in [-0.2, -0.15) is 18.4 Å². The summed E-state index contributed by atoms with van der Waals surface area (Å²) in [6.07, 6.45) is -4.38. The number of benzene rings is 2. The molecule has 0 heterocycles. The number of hydrogen-bond donors (Lipinski definition) is 0. The van der Waals surface area contributed by atoms with Gasteiger partial charge in [0.05, 0.1) is 23.1 Å². The lowest BCUT2D eigenvalue weighted by atomic mass is 10.1. The second-order valence-electron chi connectivity index (χ2n) is 4.33. The first-order valence-corrected chi connectivity index (χ1v) is 6.77. The number of nitrogens with zero attached hydrogens (tertiary/aromatic N) is 1. The molecule has 0 amide bonds. The molecular weight excluding hydrogens is 338 g/mol. The van der Waals surface area contributed by atoms with Gasteiger partial charge in [-0.3, -0.25) is 0 Å². The Kier molecular flexibility index (Phi) is 4.84.